The van der Waals surface area contributed by atoms with Crippen molar-refractivity contribution in [1.82, 2.24) is 0 Å². The highest BCUT2D eigenvalue weighted by atomic mass is 19.4. The lowest BCUT2D eigenvalue weighted by atomic mass is 9.71. The maximum absolute atomic E-state index is 13.3. The van der Waals surface area contributed by atoms with Gasteiger partial charge in [-0.05, 0) is 55.0 Å². The van der Waals surface area contributed by atoms with Crippen molar-refractivity contribution in [2.75, 3.05) is 19.8 Å². The first-order valence-corrected chi connectivity index (χ1v) is 11.9. The number of rotatable bonds is 6. The Bertz CT molecular complexity index is 990. The van der Waals surface area contributed by atoms with Gasteiger partial charge in [0.2, 0.25) is 0 Å². The molecule has 2 aromatic carbocycles. The van der Waals surface area contributed by atoms with Gasteiger partial charge < -0.3 is 19.9 Å². The van der Waals surface area contributed by atoms with Crippen LogP contribution >= 0.6 is 0 Å². The summed E-state index contributed by atoms with van der Waals surface area (Å²) in [5.41, 5.74) is 3.51. The SMILES string of the molecule is C[C@@H](O[C@@H]1C[C@H](c2ccccc2)[C@@](CN)(C2CCOCC2)O1)c1cc(C(F)(F)F)cc(C(F)(F)F)c1. The van der Waals surface area contributed by atoms with Crippen LogP contribution in [-0.4, -0.2) is 31.6 Å². The van der Waals surface area contributed by atoms with E-state index in [1.807, 2.05) is 30.3 Å². The van der Waals surface area contributed by atoms with Gasteiger partial charge >= 0.3 is 12.4 Å². The molecule has 4 nitrogen and oxygen atoms in total. The number of alkyl halides is 6. The maximum Gasteiger partial charge on any atom is 0.416 e. The Labute approximate surface area is 205 Å². The Hall–Kier alpha value is -2.14. The zero-order valence-electron chi connectivity index (χ0n) is 19.7. The molecule has 2 fully saturated rings. The highest BCUT2D eigenvalue weighted by Gasteiger charge is 2.54. The average Bonchev–Trinajstić information content (AvgIpc) is 3.23. The second-order valence-electron chi connectivity index (χ2n) is 9.41. The van der Waals surface area contributed by atoms with Crippen LogP contribution in [0.4, 0.5) is 26.3 Å². The molecule has 2 aromatic rings. The first-order chi connectivity index (χ1) is 16.9. The first-order valence-electron chi connectivity index (χ1n) is 11.9. The van der Waals surface area contributed by atoms with E-state index in [2.05, 4.69) is 0 Å². The molecule has 0 unspecified atom stereocenters. The molecule has 0 spiro atoms. The highest BCUT2D eigenvalue weighted by Crippen LogP contribution is 2.51. The Morgan fingerprint density at radius 2 is 1.56 bits per heavy atom. The van der Waals surface area contributed by atoms with E-state index in [1.54, 1.807) is 0 Å². The quantitative estimate of drug-likeness (QED) is 0.447. The lowest BCUT2D eigenvalue weighted by molar-refractivity contribution is -0.207. The van der Waals surface area contributed by atoms with Crippen LogP contribution in [0.25, 0.3) is 0 Å². The highest BCUT2D eigenvalue weighted by molar-refractivity contribution is 5.35. The molecule has 2 saturated heterocycles. The number of hydrogen-bond acceptors (Lipinski definition) is 4. The van der Waals surface area contributed by atoms with E-state index in [0.717, 1.165) is 18.4 Å². The van der Waals surface area contributed by atoms with E-state index >= 15 is 0 Å². The summed E-state index contributed by atoms with van der Waals surface area (Å²) in [6.45, 7) is 2.73. The Balaban J connectivity index is 1.63. The van der Waals surface area contributed by atoms with Crippen LogP contribution in [0.5, 0.6) is 0 Å². The molecular weight excluding hydrogens is 488 g/mol. The number of halogens is 6. The molecule has 0 radical (unpaired) electrons. The summed E-state index contributed by atoms with van der Waals surface area (Å²) in [5, 5.41) is 0. The van der Waals surface area contributed by atoms with E-state index < -0.39 is 41.5 Å². The summed E-state index contributed by atoms with van der Waals surface area (Å²) in [6.07, 6.45) is -9.99. The predicted molar refractivity (Wildman–Crippen MR) is 120 cm³/mol. The summed E-state index contributed by atoms with van der Waals surface area (Å²) < 4.78 is 98.0. The summed E-state index contributed by atoms with van der Waals surface area (Å²) in [5.74, 6) is -0.0907. The largest absolute Gasteiger partial charge is 0.416 e. The molecule has 2 heterocycles. The molecule has 0 amide bonds. The molecular formula is C26H29F6NO3. The molecule has 2 N–H and O–H groups in total. The second kappa shape index (κ2) is 10.3. The number of nitrogens with two attached hydrogens (primary N) is 1. The molecule has 2 aliphatic heterocycles. The zero-order valence-corrected chi connectivity index (χ0v) is 19.7. The minimum atomic E-state index is -4.93. The lowest BCUT2D eigenvalue weighted by Crippen LogP contribution is -2.51. The molecule has 0 saturated carbocycles. The van der Waals surface area contributed by atoms with Crippen LogP contribution in [0, 0.1) is 5.92 Å². The standard InChI is InChI=1S/C26H29F6NO3/c1-16(18-11-20(25(27,28)29)13-21(12-18)26(30,31)32)35-23-14-22(17-5-3-2-4-6-17)24(15-33,36-23)19-7-9-34-10-8-19/h2-6,11-13,16,19,22-23H,7-10,14-15,33H2,1H3/t16-,22-,23+,24-/m1/s1. The number of ether oxygens (including phenoxy) is 3. The van der Waals surface area contributed by atoms with E-state index in [4.69, 9.17) is 19.9 Å². The smallest absolute Gasteiger partial charge is 0.381 e. The fourth-order valence-corrected chi connectivity index (χ4v) is 5.40. The van der Waals surface area contributed by atoms with E-state index in [9.17, 15) is 26.3 Å². The van der Waals surface area contributed by atoms with Gasteiger partial charge in [0.1, 0.15) is 0 Å². The van der Waals surface area contributed by atoms with Crippen LogP contribution in [0.2, 0.25) is 0 Å². The van der Waals surface area contributed by atoms with Crippen LogP contribution in [-0.2, 0) is 26.6 Å². The van der Waals surface area contributed by atoms with Gasteiger partial charge in [0.05, 0.1) is 22.8 Å². The molecule has 0 aliphatic carbocycles. The third-order valence-corrected chi connectivity index (χ3v) is 7.24. The summed E-state index contributed by atoms with van der Waals surface area (Å²) in [7, 11) is 0. The van der Waals surface area contributed by atoms with Crippen molar-refractivity contribution in [3.05, 3.63) is 70.8 Å². The van der Waals surface area contributed by atoms with Gasteiger partial charge in [-0.1, -0.05) is 30.3 Å². The number of benzene rings is 2. The van der Waals surface area contributed by atoms with Crippen molar-refractivity contribution < 1.29 is 40.6 Å². The summed E-state index contributed by atoms with van der Waals surface area (Å²) in [4.78, 5) is 0. The molecule has 198 valence electrons. The molecule has 2 aliphatic rings. The Morgan fingerprint density at radius 3 is 2.08 bits per heavy atom. The normalized spacial score (nSPS) is 26.8. The van der Waals surface area contributed by atoms with E-state index in [0.29, 0.717) is 31.8 Å². The first kappa shape index (κ1) is 26.9. The van der Waals surface area contributed by atoms with Crippen LogP contribution in [0.1, 0.15) is 60.5 Å². The Kier molecular flexibility index (Phi) is 7.71. The average molecular weight is 518 g/mol. The van der Waals surface area contributed by atoms with Crippen molar-refractivity contribution in [2.45, 2.75) is 62.5 Å². The van der Waals surface area contributed by atoms with E-state index in [-0.39, 0.29) is 30.0 Å². The molecule has 0 aromatic heterocycles. The van der Waals surface area contributed by atoms with Crippen molar-refractivity contribution in [1.29, 1.82) is 0 Å². The van der Waals surface area contributed by atoms with Crippen molar-refractivity contribution in [3.63, 3.8) is 0 Å². The van der Waals surface area contributed by atoms with Crippen molar-refractivity contribution in [3.8, 4) is 0 Å². The molecule has 36 heavy (non-hydrogen) atoms. The predicted octanol–water partition coefficient (Wildman–Crippen LogP) is 6.46. The van der Waals surface area contributed by atoms with Crippen LogP contribution < -0.4 is 5.73 Å². The minimum Gasteiger partial charge on any atom is -0.381 e. The van der Waals surface area contributed by atoms with Gasteiger partial charge in [0.15, 0.2) is 6.29 Å². The summed E-state index contributed by atoms with van der Waals surface area (Å²) >= 11 is 0. The topological polar surface area (TPSA) is 53.7 Å². The van der Waals surface area contributed by atoms with Crippen molar-refractivity contribution in [2.24, 2.45) is 11.7 Å². The van der Waals surface area contributed by atoms with Gasteiger partial charge in [-0.3, -0.25) is 0 Å². The fourth-order valence-electron chi connectivity index (χ4n) is 5.40. The van der Waals surface area contributed by atoms with Gasteiger partial charge in [-0.2, -0.15) is 26.3 Å². The van der Waals surface area contributed by atoms with Gasteiger partial charge in [-0.15, -0.1) is 0 Å². The second-order valence-corrected chi connectivity index (χ2v) is 9.41. The van der Waals surface area contributed by atoms with E-state index in [1.165, 1.54) is 6.92 Å². The zero-order chi connectivity index (χ0) is 26.1. The van der Waals surface area contributed by atoms with Gasteiger partial charge in [0.25, 0.3) is 0 Å². The minimum absolute atomic E-state index is 0.0655. The monoisotopic (exact) mass is 517 g/mol. The number of hydrogen-bond donors (Lipinski definition) is 1. The molecule has 10 heteroatoms. The van der Waals surface area contributed by atoms with Crippen LogP contribution in [0.3, 0.4) is 0 Å². The molecule has 4 rings (SSSR count). The van der Waals surface area contributed by atoms with Gasteiger partial charge in [0, 0.05) is 32.1 Å². The third kappa shape index (κ3) is 5.56. The lowest BCUT2D eigenvalue weighted by Gasteiger charge is -2.42. The summed E-state index contributed by atoms with van der Waals surface area (Å²) in [6, 6.07) is 11.1. The molecule has 0 bridgehead atoms. The third-order valence-electron chi connectivity index (χ3n) is 7.24. The molecule has 4 atom stereocenters. The Morgan fingerprint density at radius 1 is 0.972 bits per heavy atom. The van der Waals surface area contributed by atoms with Crippen LogP contribution in [0.15, 0.2) is 48.5 Å². The van der Waals surface area contributed by atoms with Crippen molar-refractivity contribution >= 4 is 0 Å². The van der Waals surface area contributed by atoms with Gasteiger partial charge in [-0.25, -0.2) is 0 Å². The fraction of sp³-hybridized carbons (Fsp3) is 0.538. The maximum atomic E-state index is 13.3.